The van der Waals surface area contributed by atoms with Gasteiger partial charge in [-0.2, -0.15) is 0 Å². The lowest BCUT2D eigenvalue weighted by atomic mass is 10.0. The van der Waals surface area contributed by atoms with Crippen LogP contribution in [0.25, 0.3) is 0 Å². The van der Waals surface area contributed by atoms with E-state index >= 15 is 0 Å². The van der Waals surface area contributed by atoms with Gasteiger partial charge in [-0.05, 0) is 41.8 Å². The number of alkyl halides is 2. The van der Waals surface area contributed by atoms with Crippen LogP contribution in [-0.2, 0) is 9.59 Å². The molecule has 2 heterocycles. The molecule has 2 unspecified atom stereocenters. The molecular weight excluding hydrogens is 435 g/mol. The van der Waals surface area contributed by atoms with Crippen molar-refractivity contribution in [1.29, 1.82) is 0 Å². The zero-order valence-corrected chi connectivity index (χ0v) is 18.7. The number of benzene rings is 2. The Morgan fingerprint density at radius 1 is 0.806 bits per heavy atom. The number of amides is 2. The van der Waals surface area contributed by atoms with Gasteiger partial charge in [-0.3, -0.25) is 9.59 Å². The Morgan fingerprint density at radius 3 is 1.61 bits per heavy atom. The summed E-state index contributed by atoms with van der Waals surface area (Å²) in [5.41, 5.74) is 16.8. The normalized spacial score (nSPS) is 19.4. The fourth-order valence-corrected chi connectivity index (χ4v) is 5.04. The van der Waals surface area contributed by atoms with Crippen LogP contribution in [0.15, 0.2) is 36.4 Å². The summed E-state index contributed by atoms with van der Waals surface area (Å²) >= 11 is 12.2. The summed E-state index contributed by atoms with van der Waals surface area (Å²) in [5.74, 6) is 1.05. The Kier molecular flexibility index (Phi) is 6.30. The van der Waals surface area contributed by atoms with Crippen LogP contribution >= 0.6 is 23.2 Å². The molecule has 0 bridgehead atoms. The number of carbonyl (C=O) groups excluding carboxylic acids is 2. The molecule has 2 atom stereocenters. The fraction of sp³-hybridized carbons (Fsp3) is 0.391. The van der Waals surface area contributed by atoms with Gasteiger partial charge in [-0.1, -0.05) is 12.1 Å². The predicted molar refractivity (Wildman–Crippen MR) is 127 cm³/mol. The van der Waals surface area contributed by atoms with Gasteiger partial charge >= 0.3 is 0 Å². The average molecular weight is 461 g/mol. The van der Waals surface area contributed by atoms with Crippen molar-refractivity contribution in [3.8, 4) is 0 Å². The third kappa shape index (κ3) is 4.19. The van der Waals surface area contributed by atoms with Crippen molar-refractivity contribution >= 4 is 57.8 Å². The quantitative estimate of drug-likeness (QED) is 0.501. The van der Waals surface area contributed by atoms with Gasteiger partial charge in [0.25, 0.3) is 0 Å². The number of fused-ring (bicyclic) bond motifs is 2. The van der Waals surface area contributed by atoms with Crippen LogP contribution in [0.4, 0.5) is 22.7 Å². The van der Waals surface area contributed by atoms with E-state index in [4.69, 9.17) is 34.7 Å². The first-order valence-electron chi connectivity index (χ1n) is 10.4. The zero-order valence-electron chi connectivity index (χ0n) is 17.2. The summed E-state index contributed by atoms with van der Waals surface area (Å²) in [6, 6.07) is 11.2. The maximum atomic E-state index is 12.9. The lowest BCUT2D eigenvalue weighted by Crippen LogP contribution is -2.32. The van der Waals surface area contributed by atoms with Crippen molar-refractivity contribution in [1.82, 2.24) is 0 Å². The number of hydrogen-bond donors (Lipinski definition) is 2. The van der Waals surface area contributed by atoms with Crippen LogP contribution in [0.1, 0.15) is 42.2 Å². The van der Waals surface area contributed by atoms with Crippen molar-refractivity contribution in [2.24, 2.45) is 0 Å². The van der Waals surface area contributed by atoms with E-state index in [1.165, 1.54) is 0 Å². The number of anilines is 4. The van der Waals surface area contributed by atoms with E-state index in [2.05, 4.69) is 0 Å². The highest BCUT2D eigenvalue weighted by Gasteiger charge is 2.33. The van der Waals surface area contributed by atoms with Crippen molar-refractivity contribution in [3.05, 3.63) is 47.5 Å². The Bertz CT molecular complexity index is 934. The number of halogens is 2. The summed E-state index contributed by atoms with van der Waals surface area (Å²) in [4.78, 5) is 29.3. The molecular formula is C23H26Cl2N4O2. The van der Waals surface area contributed by atoms with Crippen molar-refractivity contribution in [2.45, 2.75) is 31.1 Å². The highest BCUT2D eigenvalue weighted by atomic mass is 35.5. The van der Waals surface area contributed by atoms with Crippen LogP contribution in [0.3, 0.4) is 0 Å². The minimum atomic E-state index is -0.0167. The monoisotopic (exact) mass is 460 g/mol. The first-order valence-corrected chi connectivity index (χ1v) is 11.5. The molecule has 0 saturated carbocycles. The first-order chi connectivity index (χ1) is 14.9. The SMILES string of the molecule is Nc1ccc2c(c1)N(C(=O)CCCC(=O)N1CC(CCl)c3ccc(N)cc31)CC2CCl. The standard InChI is InChI=1S/C23H26Cl2N4O2/c24-10-14-12-28(20-8-16(26)4-6-18(14)20)22(30)2-1-3-23(31)29-13-15(11-25)19-7-5-17(27)9-21(19)29/h4-9,14-15H,1-3,10-13,26-27H2. The lowest BCUT2D eigenvalue weighted by Gasteiger charge is -2.20. The molecule has 6 nitrogen and oxygen atoms in total. The Morgan fingerprint density at radius 2 is 1.23 bits per heavy atom. The van der Waals surface area contributed by atoms with E-state index in [1.807, 2.05) is 36.4 Å². The molecule has 2 aliphatic heterocycles. The molecule has 0 aromatic heterocycles. The molecule has 8 heteroatoms. The number of carbonyl (C=O) groups is 2. The van der Waals surface area contributed by atoms with Gasteiger partial charge < -0.3 is 21.3 Å². The van der Waals surface area contributed by atoms with Crippen LogP contribution < -0.4 is 21.3 Å². The topological polar surface area (TPSA) is 92.7 Å². The number of hydrogen-bond acceptors (Lipinski definition) is 4. The largest absolute Gasteiger partial charge is 0.399 e. The van der Waals surface area contributed by atoms with Crippen LogP contribution in [-0.4, -0.2) is 36.7 Å². The second kappa shape index (κ2) is 8.97. The van der Waals surface area contributed by atoms with E-state index < -0.39 is 0 Å². The zero-order chi connectivity index (χ0) is 22.1. The van der Waals surface area contributed by atoms with Crippen LogP contribution in [0.5, 0.6) is 0 Å². The molecule has 2 aromatic carbocycles. The maximum Gasteiger partial charge on any atom is 0.227 e. The molecule has 0 fully saturated rings. The van der Waals surface area contributed by atoms with Gasteiger partial charge in [0.2, 0.25) is 11.8 Å². The molecule has 2 aromatic rings. The molecule has 0 saturated heterocycles. The number of rotatable bonds is 6. The maximum absolute atomic E-state index is 12.9. The summed E-state index contributed by atoms with van der Waals surface area (Å²) < 4.78 is 0. The fourth-order valence-electron chi connectivity index (χ4n) is 4.51. The summed E-state index contributed by atoms with van der Waals surface area (Å²) in [5, 5.41) is 0. The number of nitrogen functional groups attached to an aromatic ring is 2. The van der Waals surface area contributed by atoms with E-state index in [0.717, 1.165) is 22.5 Å². The van der Waals surface area contributed by atoms with Gasteiger partial charge in [0, 0.05) is 72.3 Å². The van der Waals surface area contributed by atoms with Gasteiger partial charge in [-0.25, -0.2) is 0 Å². The Balaban J connectivity index is 1.38. The molecule has 4 rings (SSSR count). The highest BCUT2D eigenvalue weighted by Crippen LogP contribution is 2.40. The minimum Gasteiger partial charge on any atom is -0.399 e. The molecule has 2 aliphatic rings. The van der Waals surface area contributed by atoms with Gasteiger partial charge in [0.15, 0.2) is 0 Å². The average Bonchev–Trinajstić information content (AvgIpc) is 3.31. The highest BCUT2D eigenvalue weighted by molar-refractivity contribution is 6.19. The summed E-state index contributed by atoms with van der Waals surface area (Å²) in [6.45, 7) is 1.09. The Hall–Kier alpha value is -2.44. The summed E-state index contributed by atoms with van der Waals surface area (Å²) in [6.07, 6.45) is 1.04. The van der Waals surface area contributed by atoms with Crippen LogP contribution in [0, 0.1) is 0 Å². The third-order valence-electron chi connectivity index (χ3n) is 6.13. The number of nitrogens with two attached hydrogens (primary N) is 2. The number of nitrogens with zero attached hydrogens (tertiary/aromatic N) is 2. The second-order valence-corrected chi connectivity index (χ2v) is 8.82. The molecule has 2 amide bonds. The van der Waals surface area contributed by atoms with E-state index in [9.17, 15) is 9.59 Å². The van der Waals surface area contributed by atoms with Gasteiger partial charge in [0.05, 0.1) is 0 Å². The molecule has 0 radical (unpaired) electrons. The van der Waals surface area contributed by atoms with Gasteiger partial charge in [0.1, 0.15) is 0 Å². The first kappa shape index (κ1) is 21.8. The summed E-state index contributed by atoms with van der Waals surface area (Å²) in [7, 11) is 0. The minimum absolute atomic E-state index is 0.0167. The Labute approximate surface area is 192 Å². The van der Waals surface area contributed by atoms with Crippen molar-refractivity contribution in [3.63, 3.8) is 0 Å². The van der Waals surface area contributed by atoms with Crippen molar-refractivity contribution < 1.29 is 9.59 Å². The van der Waals surface area contributed by atoms with E-state index in [0.29, 0.717) is 42.6 Å². The molecule has 164 valence electrons. The van der Waals surface area contributed by atoms with Gasteiger partial charge in [-0.15, -0.1) is 23.2 Å². The van der Waals surface area contributed by atoms with Crippen molar-refractivity contribution in [2.75, 3.05) is 46.1 Å². The second-order valence-electron chi connectivity index (χ2n) is 8.20. The van der Waals surface area contributed by atoms with Crippen LogP contribution in [0.2, 0.25) is 0 Å². The molecule has 31 heavy (non-hydrogen) atoms. The third-order valence-corrected chi connectivity index (χ3v) is 6.88. The molecule has 0 aliphatic carbocycles. The van der Waals surface area contributed by atoms with E-state index in [1.54, 1.807) is 9.80 Å². The lowest BCUT2D eigenvalue weighted by molar-refractivity contribution is -0.119. The smallest absolute Gasteiger partial charge is 0.227 e. The molecule has 0 spiro atoms. The van der Waals surface area contributed by atoms with E-state index in [-0.39, 0.29) is 36.5 Å². The molecule has 4 N–H and O–H groups in total. The predicted octanol–water partition coefficient (Wildman–Crippen LogP) is 4.06.